The lowest BCUT2D eigenvalue weighted by Crippen LogP contribution is -2.25. The SMILES string of the molecule is COC(=O)c1ccc(Nc2cc(C(=O)NCCC(C)C)ccn2)cc1. The monoisotopic (exact) mass is 341 g/mol. The van der Waals surface area contributed by atoms with Crippen molar-refractivity contribution >= 4 is 23.4 Å². The Bertz CT molecular complexity index is 727. The molecule has 0 radical (unpaired) electrons. The van der Waals surface area contributed by atoms with Crippen molar-refractivity contribution in [3.05, 3.63) is 53.7 Å². The van der Waals surface area contributed by atoms with Crippen LogP contribution in [-0.2, 0) is 4.74 Å². The second-order valence-corrected chi connectivity index (χ2v) is 6.06. The maximum Gasteiger partial charge on any atom is 0.337 e. The van der Waals surface area contributed by atoms with Gasteiger partial charge in [0.2, 0.25) is 0 Å². The number of benzene rings is 1. The molecule has 1 aromatic carbocycles. The lowest BCUT2D eigenvalue weighted by atomic mass is 10.1. The smallest absolute Gasteiger partial charge is 0.337 e. The minimum atomic E-state index is -0.384. The van der Waals surface area contributed by atoms with Crippen LogP contribution in [0, 0.1) is 5.92 Å². The molecular formula is C19H23N3O3. The van der Waals surface area contributed by atoms with Gasteiger partial charge in [0.1, 0.15) is 5.82 Å². The van der Waals surface area contributed by atoms with Crippen molar-refractivity contribution in [2.75, 3.05) is 19.0 Å². The topological polar surface area (TPSA) is 80.3 Å². The highest BCUT2D eigenvalue weighted by atomic mass is 16.5. The second-order valence-electron chi connectivity index (χ2n) is 6.06. The number of pyridine rings is 1. The number of nitrogens with one attached hydrogen (secondary N) is 2. The lowest BCUT2D eigenvalue weighted by Gasteiger charge is -2.09. The van der Waals surface area contributed by atoms with E-state index < -0.39 is 0 Å². The molecule has 6 heteroatoms. The quantitative estimate of drug-likeness (QED) is 0.755. The normalized spacial score (nSPS) is 10.4. The first-order valence-electron chi connectivity index (χ1n) is 8.19. The molecular weight excluding hydrogens is 318 g/mol. The fourth-order valence-corrected chi connectivity index (χ4v) is 2.17. The summed E-state index contributed by atoms with van der Waals surface area (Å²) in [4.78, 5) is 27.8. The number of carbonyl (C=O) groups is 2. The van der Waals surface area contributed by atoms with E-state index in [0.29, 0.717) is 29.4 Å². The highest BCUT2D eigenvalue weighted by Gasteiger charge is 2.08. The van der Waals surface area contributed by atoms with E-state index in [0.717, 1.165) is 12.1 Å². The summed E-state index contributed by atoms with van der Waals surface area (Å²) < 4.78 is 4.67. The Morgan fingerprint density at radius 1 is 1.12 bits per heavy atom. The zero-order chi connectivity index (χ0) is 18.2. The number of hydrogen-bond donors (Lipinski definition) is 2. The van der Waals surface area contributed by atoms with Crippen LogP contribution in [0.25, 0.3) is 0 Å². The van der Waals surface area contributed by atoms with Gasteiger partial charge in [0.15, 0.2) is 0 Å². The van der Waals surface area contributed by atoms with Gasteiger partial charge in [-0.05, 0) is 48.7 Å². The van der Waals surface area contributed by atoms with Crippen LogP contribution < -0.4 is 10.6 Å². The maximum absolute atomic E-state index is 12.2. The van der Waals surface area contributed by atoms with Gasteiger partial charge in [-0.15, -0.1) is 0 Å². The molecule has 0 unspecified atom stereocenters. The number of nitrogens with zero attached hydrogens (tertiary/aromatic N) is 1. The summed E-state index contributed by atoms with van der Waals surface area (Å²) in [5.74, 6) is 0.599. The predicted molar refractivity (Wildman–Crippen MR) is 97.1 cm³/mol. The third-order valence-corrected chi connectivity index (χ3v) is 3.61. The fraction of sp³-hybridized carbons (Fsp3) is 0.316. The summed E-state index contributed by atoms with van der Waals surface area (Å²) in [6, 6.07) is 10.2. The third-order valence-electron chi connectivity index (χ3n) is 3.61. The van der Waals surface area contributed by atoms with Crippen molar-refractivity contribution in [2.45, 2.75) is 20.3 Å². The molecule has 0 spiro atoms. The Morgan fingerprint density at radius 2 is 1.84 bits per heavy atom. The number of carbonyl (C=O) groups excluding carboxylic acids is 2. The van der Waals surface area contributed by atoms with E-state index in [1.54, 1.807) is 42.6 Å². The molecule has 2 rings (SSSR count). The van der Waals surface area contributed by atoms with Gasteiger partial charge in [0, 0.05) is 24.0 Å². The van der Waals surface area contributed by atoms with Gasteiger partial charge in [0.05, 0.1) is 12.7 Å². The number of esters is 1. The highest BCUT2D eigenvalue weighted by molar-refractivity contribution is 5.95. The van der Waals surface area contributed by atoms with Crippen LogP contribution in [0.1, 0.15) is 41.0 Å². The number of amides is 1. The van der Waals surface area contributed by atoms with Crippen molar-refractivity contribution in [3.8, 4) is 0 Å². The number of methoxy groups -OCH3 is 1. The average molecular weight is 341 g/mol. The molecule has 6 nitrogen and oxygen atoms in total. The molecule has 25 heavy (non-hydrogen) atoms. The molecule has 132 valence electrons. The summed E-state index contributed by atoms with van der Waals surface area (Å²) in [5, 5.41) is 6.02. The number of anilines is 2. The van der Waals surface area contributed by atoms with Gasteiger partial charge in [-0.2, -0.15) is 0 Å². The van der Waals surface area contributed by atoms with E-state index in [1.807, 2.05) is 0 Å². The summed E-state index contributed by atoms with van der Waals surface area (Å²) >= 11 is 0. The fourth-order valence-electron chi connectivity index (χ4n) is 2.17. The summed E-state index contributed by atoms with van der Waals surface area (Å²) in [5.41, 5.74) is 1.78. The molecule has 1 heterocycles. The predicted octanol–water partition coefficient (Wildman–Crippen LogP) is 3.39. The Labute approximate surface area is 147 Å². The zero-order valence-electron chi connectivity index (χ0n) is 14.7. The molecule has 2 aromatic rings. The summed E-state index contributed by atoms with van der Waals surface area (Å²) in [6.45, 7) is 4.88. The van der Waals surface area contributed by atoms with Gasteiger partial charge in [-0.3, -0.25) is 4.79 Å². The van der Waals surface area contributed by atoms with Crippen LogP contribution in [0.4, 0.5) is 11.5 Å². The van der Waals surface area contributed by atoms with Crippen molar-refractivity contribution in [1.82, 2.24) is 10.3 Å². The molecule has 1 aromatic heterocycles. The zero-order valence-corrected chi connectivity index (χ0v) is 14.7. The van der Waals surface area contributed by atoms with Gasteiger partial charge in [0.25, 0.3) is 5.91 Å². The summed E-state index contributed by atoms with van der Waals surface area (Å²) in [7, 11) is 1.34. The molecule has 0 saturated heterocycles. The first-order chi connectivity index (χ1) is 12.0. The second kappa shape index (κ2) is 8.82. The van der Waals surface area contributed by atoms with Crippen LogP contribution in [0.2, 0.25) is 0 Å². The first kappa shape index (κ1) is 18.4. The molecule has 0 bridgehead atoms. The molecule has 0 aliphatic rings. The van der Waals surface area contributed by atoms with Crippen LogP contribution in [0.5, 0.6) is 0 Å². The van der Waals surface area contributed by atoms with Crippen molar-refractivity contribution in [1.29, 1.82) is 0 Å². The molecule has 0 aliphatic carbocycles. The third kappa shape index (κ3) is 5.60. The first-order valence-corrected chi connectivity index (χ1v) is 8.19. The molecule has 2 N–H and O–H groups in total. The Balaban J connectivity index is 2.01. The van der Waals surface area contributed by atoms with E-state index >= 15 is 0 Å². The van der Waals surface area contributed by atoms with E-state index in [1.165, 1.54) is 7.11 Å². The molecule has 0 aliphatic heterocycles. The number of aromatic nitrogens is 1. The largest absolute Gasteiger partial charge is 0.465 e. The van der Waals surface area contributed by atoms with Crippen molar-refractivity contribution in [2.24, 2.45) is 5.92 Å². The highest BCUT2D eigenvalue weighted by Crippen LogP contribution is 2.16. The minimum absolute atomic E-state index is 0.118. The van der Waals surface area contributed by atoms with Gasteiger partial charge in [-0.1, -0.05) is 13.8 Å². The molecule has 0 atom stereocenters. The number of hydrogen-bond acceptors (Lipinski definition) is 5. The van der Waals surface area contributed by atoms with Crippen LogP contribution in [0.15, 0.2) is 42.6 Å². The van der Waals surface area contributed by atoms with Gasteiger partial charge in [-0.25, -0.2) is 9.78 Å². The van der Waals surface area contributed by atoms with Crippen LogP contribution in [0.3, 0.4) is 0 Å². The van der Waals surface area contributed by atoms with Crippen LogP contribution in [-0.4, -0.2) is 30.5 Å². The maximum atomic E-state index is 12.2. The van der Waals surface area contributed by atoms with Gasteiger partial charge < -0.3 is 15.4 Å². The summed E-state index contributed by atoms with van der Waals surface area (Å²) in [6.07, 6.45) is 2.52. The van der Waals surface area contributed by atoms with Crippen molar-refractivity contribution in [3.63, 3.8) is 0 Å². The van der Waals surface area contributed by atoms with E-state index in [4.69, 9.17) is 0 Å². The molecule has 0 saturated carbocycles. The average Bonchev–Trinajstić information content (AvgIpc) is 2.61. The molecule has 1 amide bonds. The van der Waals surface area contributed by atoms with E-state index in [9.17, 15) is 9.59 Å². The lowest BCUT2D eigenvalue weighted by molar-refractivity contribution is 0.0600. The Kier molecular flexibility index (Phi) is 6.51. The van der Waals surface area contributed by atoms with Crippen molar-refractivity contribution < 1.29 is 14.3 Å². The van der Waals surface area contributed by atoms with Crippen LogP contribution >= 0.6 is 0 Å². The number of rotatable bonds is 7. The molecule has 0 fully saturated rings. The Morgan fingerprint density at radius 3 is 2.48 bits per heavy atom. The van der Waals surface area contributed by atoms with E-state index in [-0.39, 0.29) is 11.9 Å². The minimum Gasteiger partial charge on any atom is -0.465 e. The number of ether oxygens (including phenoxy) is 1. The van der Waals surface area contributed by atoms with Gasteiger partial charge >= 0.3 is 5.97 Å². The Hall–Kier alpha value is -2.89. The van der Waals surface area contributed by atoms with E-state index in [2.05, 4.69) is 34.2 Å². The standard InChI is InChI=1S/C19H23N3O3/c1-13(2)8-10-21-18(23)15-9-11-20-17(12-15)22-16-6-4-14(5-7-16)19(24)25-3/h4-7,9,11-13H,8,10H2,1-3H3,(H,20,22)(H,21,23).